The molecule has 2 aromatic rings. The van der Waals surface area contributed by atoms with Gasteiger partial charge in [0.15, 0.2) is 5.75 Å². The molecule has 0 atom stereocenters. The Bertz CT molecular complexity index is 502. The predicted molar refractivity (Wildman–Crippen MR) is 79.4 cm³/mol. The number of para-hydroxylation sites is 3. The molecule has 0 spiro atoms. The minimum atomic E-state index is 0.0493. The molecule has 2 N–H and O–H groups in total. The molecule has 0 fully saturated rings. The van der Waals surface area contributed by atoms with Gasteiger partial charge in [-0.15, -0.1) is 0 Å². The summed E-state index contributed by atoms with van der Waals surface area (Å²) in [5.41, 5.74) is 0.920. The van der Waals surface area contributed by atoms with Crippen molar-refractivity contribution >= 4 is 5.69 Å². The second-order valence-electron chi connectivity index (χ2n) is 4.17. The van der Waals surface area contributed by atoms with Crippen LogP contribution < -0.4 is 10.1 Å². The van der Waals surface area contributed by atoms with Crippen LogP contribution in [0.2, 0.25) is 0 Å². The third kappa shape index (κ3) is 4.57. The van der Waals surface area contributed by atoms with Gasteiger partial charge in [-0.25, -0.2) is 0 Å². The van der Waals surface area contributed by atoms with Gasteiger partial charge in [-0.1, -0.05) is 30.3 Å². The standard InChI is InChI=1S/C16H19NO3/c18-11-13-19-12-10-17-15-8-4-5-9-16(15)20-14-6-2-1-3-7-14/h1-9,17-18H,10-13H2. The van der Waals surface area contributed by atoms with E-state index < -0.39 is 0 Å². The molecule has 4 nitrogen and oxygen atoms in total. The smallest absolute Gasteiger partial charge is 0.150 e. The average molecular weight is 273 g/mol. The highest BCUT2D eigenvalue weighted by Gasteiger charge is 2.03. The van der Waals surface area contributed by atoms with Crippen molar-refractivity contribution in [1.29, 1.82) is 0 Å². The largest absolute Gasteiger partial charge is 0.455 e. The minimum Gasteiger partial charge on any atom is -0.455 e. The summed E-state index contributed by atoms with van der Waals surface area (Å²) in [6.07, 6.45) is 0. The number of benzene rings is 2. The summed E-state index contributed by atoms with van der Waals surface area (Å²) >= 11 is 0. The van der Waals surface area contributed by atoms with Crippen LogP contribution in [0.1, 0.15) is 0 Å². The minimum absolute atomic E-state index is 0.0493. The van der Waals surface area contributed by atoms with Crippen LogP contribution in [-0.4, -0.2) is 31.5 Å². The first-order chi connectivity index (χ1) is 9.90. The molecule has 0 unspecified atom stereocenters. The van der Waals surface area contributed by atoms with Gasteiger partial charge in [0, 0.05) is 6.54 Å². The Morgan fingerprint density at radius 2 is 1.65 bits per heavy atom. The van der Waals surface area contributed by atoms with E-state index in [1.807, 2.05) is 54.6 Å². The van der Waals surface area contributed by atoms with E-state index in [1.54, 1.807) is 0 Å². The van der Waals surface area contributed by atoms with Crippen LogP contribution in [0.4, 0.5) is 5.69 Å². The van der Waals surface area contributed by atoms with Crippen molar-refractivity contribution in [1.82, 2.24) is 0 Å². The number of rotatable bonds is 8. The normalized spacial score (nSPS) is 10.2. The zero-order chi connectivity index (χ0) is 14.0. The van der Waals surface area contributed by atoms with Crippen LogP contribution in [0.3, 0.4) is 0 Å². The van der Waals surface area contributed by atoms with Gasteiger partial charge < -0.3 is 19.9 Å². The maximum Gasteiger partial charge on any atom is 0.150 e. The first kappa shape index (κ1) is 14.4. The lowest BCUT2D eigenvalue weighted by Gasteiger charge is -2.13. The first-order valence-corrected chi connectivity index (χ1v) is 6.64. The van der Waals surface area contributed by atoms with E-state index >= 15 is 0 Å². The number of hydrogen-bond acceptors (Lipinski definition) is 4. The zero-order valence-electron chi connectivity index (χ0n) is 11.3. The van der Waals surface area contributed by atoms with E-state index in [2.05, 4.69) is 5.32 Å². The molecule has 0 bridgehead atoms. The van der Waals surface area contributed by atoms with E-state index in [0.717, 1.165) is 17.2 Å². The van der Waals surface area contributed by atoms with Gasteiger partial charge in [-0.2, -0.15) is 0 Å². The fourth-order valence-corrected chi connectivity index (χ4v) is 1.74. The lowest BCUT2D eigenvalue weighted by atomic mass is 10.3. The quantitative estimate of drug-likeness (QED) is 0.726. The molecule has 106 valence electrons. The molecule has 0 radical (unpaired) electrons. The van der Waals surface area contributed by atoms with Gasteiger partial charge in [0.1, 0.15) is 5.75 Å². The van der Waals surface area contributed by atoms with Crippen LogP contribution in [0.5, 0.6) is 11.5 Å². The Balaban J connectivity index is 1.92. The molecule has 4 heteroatoms. The summed E-state index contributed by atoms with van der Waals surface area (Å²) in [5, 5.41) is 11.9. The maximum atomic E-state index is 8.63. The summed E-state index contributed by atoms with van der Waals surface area (Å²) in [4.78, 5) is 0. The van der Waals surface area contributed by atoms with Crippen molar-refractivity contribution in [2.24, 2.45) is 0 Å². The molecule has 0 heterocycles. The second kappa shape index (κ2) is 8.19. The van der Waals surface area contributed by atoms with Gasteiger partial charge in [0.2, 0.25) is 0 Å². The highest BCUT2D eigenvalue weighted by atomic mass is 16.5. The van der Waals surface area contributed by atoms with Gasteiger partial charge >= 0.3 is 0 Å². The molecule has 2 rings (SSSR count). The van der Waals surface area contributed by atoms with Gasteiger partial charge in [0.25, 0.3) is 0 Å². The summed E-state index contributed by atoms with van der Waals surface area (Å²) in [6.45, 7) is 1.62. The summed E-state index contributed by atoms with van der Waals surface area (Å²) in [5.74, 6) is 1.58. The van der Waals surface area contributed by atoms with Crippen molar-refractivity contribution in [2.45, 2.75) is 0 Å². The van der Waals surface area contributed by atoms with E-state index in [9.17, 15) is 0 Å². The Morgan fingerprint density at radius 3 is 2.45 bits per heavy atom. The zero-order valence-corrected chi connectivity index (χ0v) is 11.3. The number of aliphatic hydroxyl groups is 1. The van der Waals surface area contributed by atoms with E-state index in [-0.39, 0.29) is 6.61 Å². The maximum absolute atomic E-state index is 8.63. The molecule has 0 saturated heterocycles. The third-order valence-electron chi connectivity index (χ3n) is 2.66. The van der Waals surface area contributed by atoms with E-state index in [1.165, 1.54) is 0 Å². The SMILES string of the molecule is OCCOCCNc1ccccc1Oc1ccccc1. The molecule has 0 aromatic heterocycles. The highest BCUT2D eigenvalue weighted by Crippen LogP contribution is 2.28. The number of nitrogens with one attached hydrogen (secondary N) is 1. The molecule has 0 saturated carbocycles. The number of ether oxygens (including phenoxy) is 2. The monoisotopic (exact) mass is 273 g/mol. The number of anilines is 1. The Labute approximate surface area is 119 Å². The summed E-state index contributed by atoms with van der Waals surface area (Å²) < 4.78 is 11.1. The van der Waals surface area contributed by atoms with Gasteiger partial charge in [0.05, 0.1) is 25.5 Å². The number of aliphatic hydroxyl groups excluding tert-OH is 1. The lowest BCUT2D eigenvalue weighted by Crippen LogP contribution is -2.11. The van der Waals surface area contributed by atoms with Crippen molar-refractivity contribution in [3.8, 4) is 11.5 Å². The van der Waals surface area contributed by atoms with Crippen LogP contribution in [-0.2, 0) is 4.74 Å². The van der Waals surface area contributed by atoms with E-state index in [0.29, 0.717) is 19.8 Å². The van der Waals surface area contributed by atoms with Gasteiger partial charge in [-0.3, -0.25) is 0 Å². The van der Waals surface area contributed by atoms with Crippen LogP contribution in [0, 0.1) is 0 Å². The van der Waals surface area contributed by atoms with Crippen molar-refractivity contribution in [2.75, 3.05) is 31.7 Å². The first-order valence-electron chi connectivity index (χ1n) is 6.64. The van der Waals surface area contributed by atoms with Crippen molar-refractivity contribution in [3.05, 3.63) is 54.6 Å². The molecule has 0 aliphatic rings. The highest BCUT2D eigenvalue weighted by molar-refractivity contribution is 5.57. The molecular weight excluding hydrogens is 254 g/mol. The number of hydrogen-bond donors (Lipinski definition) is 2. The molecule has 0 aliphatic carbocycles. The van der Waals surface area contributed by atoms with Crippen molar-refractivity contribution in [3.63, 3.8) is 0 Å². The second-order valence-corrected chi connectivity index (χ2v) is 4.17. The molecular formula is C16H19NO3. The Hall–Kier alpha value is -2.04. The van der Waals surface area contributed by atoms with Crippen LogP contribution in [0.25, 0.3) is 0 Å². The Kier molecular flexibility index (Phi) is 5.89. The van der Waals surface area contributed by atoms with Gasteiger partial charge in [-0.05, 0) is 24.3 Å². The van der Waals surface area contributed by atoms with Crippen LogP contribution >= 0.6 is 0 Å². The van der Waals surface area contributed by atoms with Crippen LogP contribution in [0.15, 0.2) is 54.6 Å². The topological polar surface area (TPSA) is 50.7 Å². The van der Waals surface area contributed by atoms with E-state index in [4.69, 9.17) is 14.6 Å². The predicted octanol–water partition coefficient (Wildman–Crippen LogP) is 2.90. The average Bonchev–Trinajstić information content (AvgIpc) is 2.50. The molecule has 0 aliphatic heterocycles. The summed E-state index contributed by atoms with van der Waals surface area (Å²) in [7, 11) is 0. The molecule has 0 amide bonds. The van der Waals surface area contributed by atoms with Crippen molar-refractivity contribution < 1.29 is 14.6 Å². The Morgan fingerprint density at radius 1 is 0.900 bits per heavy atom. The molecule has 2 aromatic carbocycles. The summed E-state index contributed by atoms with van der Waals surface area (Å²) in [6, 6.07) is 17.4. The fraction of sp³-hybridized carbons (Fsp3) is 0.250. The lowest BCUT2D eigenvalue weighted by molar-refractivity contribution is 0.0992. The third-order valence-corrected chi connectivity index (χ3v) is 2.66. The molecule has 20 heavy (non-hydrogen) atoms. The fourth-order valence-electron chi connectivity index (χ4n) is 1.74.